The summed E-state index contributed by atoms with van der Waals surface area (Å²) in [6.45, 7) is 5.14. The van der Waals surface area contributed by atoms with Crippen molar-refractivity contribution >= 4 is 33.5 Å². The fourth-order valence-corrected chi connectivity index (χ4v) is 6.17. The number of carboxylic acid groups (broad SMARTS) is 1. The molecule has 0 spiro atoms. The molecule has 0 aliphatic carbocycles. The summed E-state index contributed by atoms with van der Waals surface area (Å²) >= 11 is 0. The van der Waals surface area contributed by atoms with Crippen LogP contribution in [0.5, 0.6) is 0 Å². The van der Waals surface area contributed by atoms with Crippen LogP contribution in [0.3, 0.4) is 0 Å². The van der Waals surface area contributed by atoms with Crippen molar-refractivity contribution in [2.45, 2.75) is 62.9 Å². The lowest BCUT2D eigenvalue weighted by Gasteiger charge is -2.38. The maximum Gasteiger partial charge on any atom is 0.326 e. The monoisotopic (exact) mass is 508 g/mol. The van der Waals surface area contributed by atoms with E-state index in [1.54, 1.807) is 6.07 Å². The topological polar surface area (TPSA) is 180 Å². The quantitative estimate of drug-likeness (QED) is 0.184. The number of piperidine rings is 1. The minimum atomic E-state index is -4.10. The van der Waals surface area contributed by atoms with Crippen molar-refractivity contribution in [3.8, 4) is 0 Å². The van der Waals surface area contributed by atoms with Gasteiger partial charge in [0.05, 0.1) is 5.69 Å². The Balaban J connectivity index is 1.88. The first-order valence-electron chi connectivity index (χ1n) is 12.0. The van der Waals surface area contributed by atoms with Gasteiger partial charge in [0.1, 0.15) is 17.0 Å². The maximum absolute atomic E-state index is 13.5. The van der Waals surface area contributed by atoms with Crippen molar-refractivity contribution in [3.63, 3.8) is 0 Å². The smallest absolute Gasteiger partial charge is 0.326 e. The van der Waals surface area contributed by atoms with Crippen molar-refractivity contribution in [3.05, 3.63) is 23.8 Å². The summed E-state index contributed by atoms with van der Waals surface area (Å²) in [5, 5.41) is 12.9. The van der Waals surface area contributed by atoms with Crippen LogP contribution in [-0.2, 0) is 26.0 Å². The number of benzene rings is 1. The van der Waals surface area contributed by atoms with E-state index in [0.717, 1.165) is 12.0 Å². The second kappa shape index (κ2) is 11.3. The molecule has 0 bridgehead atoms. The zero-order valence-corrected chi connectivity index (χ0v) is 21.1. The molecule has 1 aromatic carbocycles. The van der Waals surface area contributed by atoms with E-state index in [4.69, 9.17) is 11.5 Å². The lowest BCUT2D eigenvalue weighted by molar-refractivity contribution is -0.153. The number of carbonyl (C=O) groups excluding carboxylic acids is 1. The molecule has 0 radical (unpaired) electrons. The van der Waals surface area contributed by atoms with E-state index in [1.165, 1.54) is 11.0 Å². The van der Waals surface area contributed by atoms with Gasteiger partial charge >= 0.3 is 5.97 Å². The van der Waals surface area contributed by atoms with Crippen LogP contribution >= 0.6 is 0 Å². The van der Waals surface area contributed by atoms with Crippen molar-refractivity contribution in [2.24, 2.45) is 28.3 Å². The first kappa shape index (κ1) is 26.7. The van der Waals surface area contributed by atoms with Gasteiger partial charge in [0.25, 0.3) is 0 Å². The Morgan fingerprint density at radius 2 is 2.03 bits per heavy atom. The Hall–Kier alpha value is -2.86. The highest BCUT2D eigenvalue weighted by molar-refractivity contribution is 7.89. The fraction of sp³-hybridized carbons (Fsp3) is 0.609. The van der Waals surface area contributed by atoms with Crippen LogP contribution in [0.15, 0.2) is 28.1 Å². The number of fused-ring (bicyclic) bond motifs is 1. The predicted octanol–water partition coefficient (Wildman–Crippen LogP) is 0.703. The minimum absolute atomic E-state index is 0.0750. The Bertz CT molecular complexity index is 1070. The molecular formula is C23H36N6O5S. The third kappa shape index (κ3) is 6.63. The molecule has 7 N–H and O–H groups in total. The van der Waals surface area contributed by atoms with Crippen molar-refractivity contribution in [1.82, 2.24) is 9.62 Å². The standard InChI is InChI=1S/C23H36N6O5S/c1-14-8-10-29(18(12-14)22(31)32)21(30)17(6-4-9-26-23(24)25)28-35(33,34)19-7-3-5-16-11-15(2)13-27-20(16)19/h3,5,7,14-15,17-18,27-28H,4,6,8-13H2,1-2H3,(H,31,32)(H4,24,25,26)/t14-,15?,17-,18?/m0/s1. The molecule has 1 saturated heterocycles. The number of nitrogens with zero attached hydrogens (tertiary/aromatic N) is 2. The van der Waals surface area contributed by atoms with Gasteiger partial charge in [-0.15, -0.1) is 0 Å². The second-order valence-corrected chi connectivity index (χ2v) is 11.3. The molecule has 1 amide bonds. The van der Waals surface area contributed by atoms with E-state index in [9.17, 15) is 23.1 Å². The molecule has 11 nitrogen and oxygen atoms in total. The van der Waals surface area contributed by atoms with E-state index in [-0.39, 0.29) is 36.3 Å². The van der Waals surface area contributed by atoms with Crippen LogP contribution in [0.1, 0.15) is 45.1 Å². The zero-order chi connectivity index (χ0) is 25.8. The summed E-state index contributed by atoms with van der Waals surface area (Å²) in [7, 11) is -4.10. The molecule has 1 fully saturated rings. The van der Waals surface area contributed by atoms with Gasteiger partial charge in [-0.1, -0.05) is 26.0 Å². The summed E-state index contributed by atoms with van der Waals surface area (Å²) in [5.41, 5.74) is 12.2. The highest BCUT2D eigenvalue weighted by atomic mass is 32.2. The average Bonchev–Trinajstić information content (AvgIpc) is 2.79. The number of carboxylic acids is 1. The van der Waals surface area contributed by atoms with Crippen LogP contribution in [0.4, 0.5) is 5.69 Å². The summed E-state index contributed by atoms with van der Waals surface area (Å²) in [4.78, 5) is 30.7. The number of amides is 1. The Morgan fingerprint density at radius 1 is 1.29 bits per heavy atom. The summed E-state index contributed by atoms with van der Waals surface area (Å²) in [6.07, 6.45) is 2.17. The molecule has 12 heteroatoms. The molecule has 2 aliphatic rings. The highest BCUT2D eigenvalue weighted by Crippen LogP contribution is 2.31. The van der Waals surface area contributed by atoms with E-state index in [1.807, 2.05) is 13.0 Å². The third-order valence-corrected chi connectivity index (χ3v) is 8.09. The molecule has 35 heavy (non-hydrogen) atoms. The molecule has 194 valence electrons. The predicted molar refractivity (Wildman–Crippen MR) is 133 cm³/mol. The van der Waals surface area contributed by atoms with Crippen LogP contribution in [0.2, 0.25) is 0 Å². The molecular weight excluding hydrogens is 472 g/mol. The van der Waals surface area contributed by atoms with Crippen molar-refractivity contribution in [1.29, 1.82) is 0 Å². The van der Waals surface area contributed by atoms with Crippen LogP contribution in [0, 0.1) is 11.8 Å². The molecule has 2 unspecified atom stereocenters. The molecule has 4 atom stereocenters. The molecule has 0 aromatic heterocycles. The highest BCUT2D eigenvalue weighted by Gasteiger charge is 2.39. The molecule has 2 aliphatic heterocycles. The van der Waals surface area contributed by atoms with Gasteiger partial charge in [0.2, 0.25) is 15.9 Å². The van der Waals surface area contributed by atoms with Crippen molar-refractivity contribution in [2.75, 3.05) is 25.0 Å². The van der Waals surface area contributed by atoms with Crippen LogP contribution in [-0.4, -0.2) is 68.0 Å². The van der Waals surface area contributed by atoms with Crippen LogP contribution < -0.4 is 21.5 Å². The number of aliphatic imine (C=N–C) groups is 1. The van der Waals surface area contributed by atoms with E-state index >= 15 is 0 Å². The van der Waals surface area contributed by atoms with Gasteiger partial charge in [0.15, 0.2) is 5.96 Å². The maximum atomic E-state index is 13.5. The Kier molecular flexibility index (Phi) is 8.60. The van der Waals surface area contributed by atoms with Crippen LogP contribution in [0.25, 0.3) is 0 Å². The van der Waals surface area contributed by atoms with E-state index in [0.29, 0.717) is 37.4 Å². The molecule has 2 heterocycles. The number of hydrogen-bond donors (Lipinski definition) is 5. The summed E-state index contributed by atoms with van der Waals surface area (Å²) in [6, 6.07) is 2.94. The number of nitrogens with two attached hydrogens (primary N) is 2. The molecule has 0 saturated carbocycles. The number of aliphatic carboxylic acids is 1. The van der Waals surface area contributed by atoms with Gasteiger partial charge in [-0.2, -0.15) is 4.72 Å². The first-order valence-corrected chi connectivity index (χ1v) is 13.4. The normalized spacial score (nSPS) is 23.0. The first-order chi connectivity index (χ1) is 16.5. The SMILES string of the molecule is CC1CNc2c(cccc2S(=O)(=O)N[C@@H](CCCN=C(N)N)C(=O)N2CC[C@H](C)CC2C(=O)O)C1. The number of para-hydroxylation sites is 1. The van der Waals surface area contributed by atoms with Gasteiger partial charge in [-0.3, -0.25) is 9.79 Å². The minimum Gasteiger partial charge on any atom is -0.480 e. The number of guanidine groups is 1. The zero-order valence-electron chi connectivity index (χ0n) is 20.2. The number of carbonyl (C=O) groups is 2. The Labute approximate surface area is 206 Å². The number of nitrogens with one attached hydrogen (secondary N) is 2. The lowest BCUT2D eigenvalue weighted by atomic mass is 9.91. The van der Waals surface area contributed by atoms with E-state index in [2.05, 4.69) is 22.0 Å². The Morgan fingerprint density at radius 3 is 2.71 bits per heavy atom. The molecule has 1 aromatic rings. The second-order valence-electron chi connectivity index (χ2n) is 9.62. The average molecular weight is 509 g/mol. The molecule has 3 rings (SSSR count). The number of hydrogen-bond acceptors (Lipinski definition) is 6. The largest absolute Gasteiger partial charge is 0.480 e. The fourth-order valence-electron chi connectivity index (χ4n) is 4.72. The van der Waals surface area contributed by atoms with Gasteiger partial charge in [-0.05, 0) is 55.6 Å². The summed E-state index contributed by atoms with van der Waals surface area (Å²) in [5.74, 6) is -1.22. The summed E-state index contributed by atoms with van der Waals surface area (Å²) < 4.78 is 29.5. The van der Waals surface area contributed by atoms with Gasteiger partial charge in [0, 0.05) is 19.6 Å². The number of likely N-dealkylation sites (tertiary alicyclic amines) is 1. The number of sulfonamides is 1. The van der Waals surface area contributed by atoms with Gasteiger partial charge in [-0.25, -0.2) is 13.2 Å². The van der Waals surface area contributed by atoms with Gasteiger partial charge < -0.3 is 26.8 Å². The third-order valence-electron chi connectivity index (χ3n) is 6.57. The van der Waals surface area contributed by atoms with E-state index < -0.39 is 34.0 Å². The lowest BCUT2D eigenvalue weighted by Crippen LogP contribution is -2.56. The van der Waals surface area contributed by atoms with Crippen molar-refractivity contribution < 1.29 is 23.1 Å². The number of anilines is 1. The number of rotatable bonds is 9.